The number of esters is 1. The molecular formula is C17H18FNO4S. The summed E-state index contributed by atoms with van der Waals surface area (Å²) < 4.78 is 46.1. The van der Waals surface area contributed by atoms with Crippen molar-refractivity contribution < 1.29 is 22.3 Å². The van der Waals surface area contributed by atoms with E-state index in [1.54, 1.807) is 26.0 Å². The highest BCUT2D eigenvalue weighted by molar-refractivity contribution is 7.92. The van der Waals surface area contributed by atoms with Crippen LogP contribution in [0.3, 0.4) is 0 Å². The Bertz CT molecular complexity index is 884. The zero-order chi connectivity index (χ0) is 18.1. The molecular weight excluding hydrogens is 333 g/mol. The van der Waals surface area contributed by atoms with Crippen LogP contribution < -0.4 is 4.72 Å². The van der Waals surface area contributed by atoms with Gasteiger partial charge in [0.1, 0.15) is 5.82 Å². The lowest BCUT2D eigenvalue weighted by Gasteiger charge is -2.14. The maximum absolute atomic E-state index is 14.0. The molecule has 24 heavy (non-hydrogen) atoms. The van der Waals surface area contributed by atoms with Crippen molar-refractivity contribution in [3.8, 4) is 0 Å². The van der Waals surface area contributed by atoms with E-state index in [0.29, 0.717) is 11.1 Å². The lowest BCUT2D eigenvalue weighted by atomic mass is 10.1. The van der Waals surface area contributed by atoms with Crippen LogP contribution in [0.25, 0.3) is 0 Å². The third kappa shape index (κ3) is 3.56. The first-order valence-electron chi connectivity index (χ1n) is 7.14. The van der Waals surface area contributed by atoms with Gasteiger partial charge < -0.3 is 4.74 Å². The Hall–Kier alpha value is -2.41. The van der Waals surface area contributed by atoms with Crippen molar-refractivity contribution in [1.82, 2.24) is 0 Å². The highest BCUT2D eigenvalue weighted by Gasteiger charge is 2.22. The molecule has 1 N–H and O–H groups in total. The maximum atomic E-state index is 14.0. The highest BCUT2D eigenvalue weighted by atomic mass is 32.2. The van der Waals surface area contributed by atoms with E-state index >= 15 is 0 Å². The molecule has 7 heteroatoms. The summed E-state index contributed by atoms with van der Waals surface area (Å²) in [5.41, 5.74) is 1.79. The number of halogens is 1. The first-order valence-corrected chi connectivity index (χ1v) is 8.62. The van der Waals surface area contributed by atoms with Gasteiger partial charge in [-0.2, -0.15) is 0 Å². The standard InChI is InChI=1S/C17H18FNO4S/c1-10-7-11(2)16(12(3)8-10)24(21,22)19-15-9-13(17(20)23-4)5-6-14(15)18/h5-9,19H,1-4H3. The second-order valence-electron chi connectivity index (χ2n) is 5.52. The molecule has 0 saturated carbocycles. The second-order valence-corrected chi connectivity index (χ2v) is 7.14. The minimum Gasteiger partial charge on any atom is -0.465 e. The van der Waals surface area contributed by atoms with E-state index in [1.807, 2.05) is 6.92 Å². The van der Waals surface area contributed by atoms with Gasteiger partial charge in [-0.1, -0.05) is 17.7 Å². The van der Waals surface area contributed by atoms with Crippen molar-refractivity contribution in [3.63, 3.8) is 0 Å². The van der Waals surface area contributed by atoms with E-state index in [1.165, 1.54) is 13.2 Å². The number of nitrogens with one attached hydrogen (secondary N) is 1. The van der Waals surface area contributed by atoms with Gasteiger partial charge in [-0.3, -0.25) is 4.72 Å². The van der Waals surface area contributed by atoms with E-state index in [-0.39, 0.29) is 16.1 Å². The number of benzene rings is 2. The normalized spacial score (nSPS) is 11.2. The van der Waals surface area contributed by atoms with Crippen LogP contribution in [0.5, 0.6) is 0 Å². The Morgan fingerprint density at radius 3 is 2.21 bits per heavy atom. The van der Waals surface area contributed by atoms with Gasteiger partial charge in [-0.25, -0.2) is 17.6 Å². The average Bonchev–Trinajstić information content (AvgIpc) is 2.47. The van der Waals surface area contributed by atoms with E-state index in [0.717, 1.165) is 17.7 Å². The Morgan fingerprint density at radius 1 is 1.08 bits per heavy atom. The third-order valence-corrected chi connectivity index (χ3v) is 5.18. The summed E-state index contributed by atoms with van der Waals surface area (Å²) in [6.45, 7) is 5.22. The number of carbonyl (C=O) groups excluding carboxylic acids is 1. The molecule has 0 heterocycles. The van der Waals surface area contributed by atoms with E-state index in [2.05, 4.69) is 9.46 Å². The first kappa shape index (κ1) is 17.9. The predicted octanol–water partition coefficient (Wildman–Crippen LogP) is 3.34. The second kappa shape index (κ2) is 6.60. The monoisotopic (exact) mass is 351 g/mol. The summed E-state index contributed by atoms with van der Waals surface area (Å²) >= 11 is 0. The van der Waals surface area contributed by atoms with Crippen LogP contribution in [0.1, 0.15) is 27.0 Å². The minimum absolute atomic E-state index is 0.0500. The number of rotatable bonds is 4. The molecule has 0 amide bonds. The number of aryl methyl sites for hydroxylation is 3. The average molecular weight is 351 g/mol. The summed E-state index contributed by atoms with van der Waals surface area (Å²) in [4.78, 5) is 11.6. The number of anilines is 1. The molecule has 0 bridgehead atoms. The lowest BCUT2D eigenvalue weighted by Crippen LogP contribution is -2.17. The van der Waals surface area contributed by atoms with Crippen molar-refractivity contribution in [1.29, 1.82) is 0 Å². The van der Waals surface area contributed by atoms with Crippen molar-refractivity contribution in [2.75, 3.05) is 11.8 Å². The fourth-order valence-corrected chi connectivity index (χ4v) is 4.15. The molecule has 0 aliphatic carbocycles. The molecule has 0 unspecified atom stereocenters. The first-order chi connectivity index (χ1) is 11.2. The van der Waals surface area contributed by atoms with Crippen LogP contribution in [0, 0.1) is 26.6 Å². The van der Waals surface area contributed by atoms with Crippen LogP contribution in [0.2, 0.25) is 0 Å². The number of hydrogen-bond donors (Lipinski definition) is 1. The predicted molar refractivity (Wildman–Crippen MR) is 89.2 cm³/mol. The highest BCUT2D eigenvalue weighted by Crippen LogP contribution is 2.26. The quantitative estimate of drug-likeness (QED) is 0.858. The Kier molecular flexibility index (Phi) is 4.94. The molecule has 0 radical (unpaired) electrons. The van der Waals surface area contributed by atoms with Gasteiger partial charge in [0.2, 0.25) is 0 Å². The molecule has 2 aromatic carbocycles. The Labute approximate surface area is 140 Å². The lowest BCUT2D eigenvalue weighted by molar-refractivity contribution is 0.0600. The van der Waals surface area contributed by atoms with Gasteiger partial charge in [0.05, 0.1) is 23.3 Å². The third-order valence-electron chi connectivity index (χ3n) is 3.51. The van der Waals surface area contributed by atoms with E-state index < -0.39 is 21.8 Å². The summed E-state index contributed by atoms with van der Waals surface area (Å²) in [7, 11) is -2.82. The van der Waals surface area contributed by atoms with Gasteiger partial charge in [0.15, 0.2) is 0 Å². The fraction of sp³-hybridized carbons (Fsp3) is 0.235. The minimum atomic E-state index is -4.01. The van der Waals surface area contributed by atoms with Gasteiger partial charge in [0, 0.05) is 0 Å². The topological polar surface area (TPSA) is 72.5 Å². The van der Waals surface area contributed by atoms with Crippen LogP contribution in [-0.2, 0) is 14.8 Å². The smallest absolute Gasteiger partial charge is 0.337 e. The SMILES string of the molecule is COC(=O)c1ccc(F)c(NS(=O)(=O)c2c(C)cc(C)cc2C)c1. The zero-order valence-electron chi connectivity index (χ0n) is 13.8. The van der Waals surface area contributed by atoms with Crippen molar-refractivity contribution in [3.05, 3.63) is 58.4 Å². The van der Waals surface area contributed by atoms with E-state index in [4.69, 9.17) is 0 Å². The van der Waals surface area contributed by atoms with Gasteiger partial charge in [0.25, 0.3) is 10.0 Å². The van der Waals surface area contributed by atoms with Gasteiger partial charge in [-0.05, 0) is 50.1 Å². The summed E-state index contributed by atoms with van der Waals surface area (Å²) in [5, 5.41) is 0. The molecule has 0 spiro atoms. The fourth-order valence-electron chi connectivity index (χ4n) is 2.63. The van der Waals surface area contributed by atoms with E-state index in [9.17, 15) is 17.6 Å². The molecule has 0 atom stereocenters. The van der Waals surface area contributed by atoms with Crippen LogP contribution in [-0.4, -0.2) is 21.5 Å². The molecule has 5 nitrogen and oxygen atoms in total. The van der Waals surface area contributed by atoms with Crippen LogP contribution >= 0.6 is 0 Å². The molecule has 0 aromatic heterocycles. The Balaban J connectivity index is 2.49. The van der Waals surface area contributed by atoms with Crippen LogP contribution in [0.15, 0.2) is 35.2 Å². The maximum Gasteiger partial charge on any atom is 0.337 e. The van der Waals surface area contributed by atoms with Crippen LogP contribution in [0.4, 0.5) is 10.1 Å². The molecule has 0 aliphatic rings. The molecule has 128 valence electrons. The number of hydrogen-bond acceptors (Lipinski definition) is 4. The number of methoxy groups -OCH3 is 1. The molecule has 0 saturated heterocycles. The number of carbonyl (C=O) groups is 1. The van der Waals surface area contributed by atoms with Crippen molar-refractivity contribution >= 4 is 21.7 Å². The molecule has 0 fully saturated rings. The van der Waals surface area contributed by atoms with Gasteiger partial charge >= 0.3 is 5.97 Å². The summed E-state index contributed by atoms with van der Waals surface area (Å²) in [6, 6.07) is 6.82. The number of ether oxygens (including phenoxy) is 1. The molecule has 2 rings (SSSR count). The molecule has 2 aromatic rings. The Morgan fingerprint density at radius 2 is 1.67 bits per heavy atom. The summed E-state index contributed by atoms with van der Waals surface area (Å²) in [5.74, 6) is -1.47. The van der Waals surface area contributed by atoms with Crippen molar-refractivity contribution in [2.45, 2.75) is 25.7 Å². The number of sulfonamides is 1. The van der Waals surface area contributed by atoms with Gasteiger partial charge in [-0.15, -0.1) is 0 Å². The van der Waals surface area contributed by atoms with Crippen molar-refractivity contribution in [2.24, 2.45) is 0 Å². The molecule has 0 aliphatic heterocycles. The largest absolute Gasteiger partial charge is 0.465 e. The zero-order valence-corrected chi connectivity index (χ0v) is 14.6. The summed E-state index contributed by atoms with van der Waals surface area (Å²) in [6.07, 6.45) is 0.